The molecule has 0 aliphatic carbocycles. The van der Waals surface area contributed by atoms with Crippen molar-refractivity contribution in [3.8, 4) is 17.0 Å². The van der Waals surface area contributed by atoms with Gasteiger partial charge in [0.05, 0.1) is 29.3 Å². The molecule has 1 aliphatic rings. The Bertz CT molecular complexity index is 1410. The number of aryl methyl sites for hydroxylation is 1. The Morgan fingerprint density at radius 3 is 2.63 bits per heavy atom. The quantitative estimate of drug-likeness (QED) is 0.210. The predicted molar refractivity (Wildman–Crippen MR) is 146 cm³/mol. The highest BCUT2D eigenvalue weighted by molar-refractivity contribution is 6.34. The molecule has 2 amide bonds. The van der Waals surface area contributed by atoms with E-state index in [1.54, 1.807) is 12.1 Å². The van der Waals surface area contributed by atoms with Crippen LogP contribution in [-0.2, 0) is 9.53 Å². The average Bonchev–Trinajstić information content (AvgIpc) is 3.37. The molecule has 0 fully saturated rings. The summed E-state index contributed by atoms with van der Waals surface area (Å²) >= 11 is 0. The molecule has 198 valence electrons. The van der Waals surface area contributed by atoms with Gasteiger partial charge < -0.3 is 25.1 Å². The smallest absolute Gasteiger partial charge is 0.407 e. The average molecular weight is 517 g/mol. The van der Waals surface area contributed by atoms with E-state index in [1.165, 1.54) is 6.92 Å². The second-order valence-corrected chi connectivity index (χ2v) is 10.1. The van der Waals surface area contributed by atoms with E-state index in [4.69, 9.17) is 14.5 Å². The molecular formula is C29H32N4O5. The van der Waals surface area contributed by atoms with E-state index in [0.717, 1.165) is 11.3 Å². The monoisotopic (exact) mass is 516 g/mol. The number of ether oxygens (including phenoxy) is 2. The van der Waals surface area contributed by atoms with Crippen LogP contribution >= 0.6 is 0 Å². The SMILES string of the molecule is CC(=O)c1cc(C)[nH]c1/C=C1\C(=O)Nc2ccc(-c3ccccc3OCCCNC(=O)OC(C)(C)C)nc21. The van der Waals surface area contributed by atoms with Crippen LogP contribution in [0.1, 0.15) is 61.6 Å². The topological polar surface area (TPSA) is 122 Å². The van der Waals surface area contributed by atoms with E-state index >= 15 is 0 Å². The number of carbonyl (C=O) groups excluding carboxylic acids is 3. The van der Waals surface area contributed by atoms with Gasteiger partial charge in [-0.05, 0) is 77.4 Å². The van der Waals surface area contributed by atoms with Gasteiger partial charge in [-0.3, -0.25) is 9.59 Å². The molecule has 1 aliphatic heterocycles. The third kappa shape index (κ3) is 6.29. The summed E-state index contributed by atoms with van der Waals surface area (Å²) in [4.78, 5) is 44.6. The van der Waals surface area contributed by atoms with E-state index in [2.05, 4.69) is 15.6 Å². The molecule has 3 heterocycles. The Balaban J connectivity index is 1.51. The zero-order valence-electron chi connectivity index (χ0n) is 22.2. The number of aromatic amines is 1. The number of hydrogen-bond donors (Lipinski definition) is 3. The number of pyridine rings is 1. The van der Waals surface area contributed by atoms with Gasteiger partial charge in [-0.25, -0.2) is 9.78 Å². The van der Waals surface area contributed by atoms with Gasteiger partial charge in [-0.2, -0.15) is 0 Å². The molecule has 0 saturated heterocycles. The fourth-order valence-electron chi connectivity index (χ4n) is 4.07. The Labute approximate surface area is 221 Å². The minimum atomic E-state index is -0.548. The van der Waals surface area contributed by atoms with Crippen LogP contribution in [0.5, 0.6) is 5.75 Å². The molecule has 4 rings (SSSR count). The van der Waals surface area contributed by atoms with Crippen LogP contribution in [0.4, 0.5) is 10.5 Å². The van der Waals surface area contributed by atoms with Crippen LogP contribution in [0.15, 0.2) is 42.5 Å². The summed E-state index contributed by atoms with van der Waals surface area (Å²) < 4.78 is 11.2. The fraction of sp³-hybridized carbons (Fsp3) is 0.310. The zero-order valence-corrected chi connectivity index (χ0v) is 22.2. The third-order valence-electron chi connectivity index (χ3n) is 5.70. The van der Waals surface area contributed by atoms with Crippen LogP contribution in [-0.4, -0.2) is 46.5 Å². The second-order valence-electron chi connectivity index (χ2n) is 10.1. The summed E-state index contributed by atoms with van der Waals surface area (Å²) in [6, 6.07) is 12.9. The Hall–Kier alpha value is -4.40. The molecule has 9 nitrogen and oxygen atoms in total. The lowest BCUT2D eigenvalue weighted by atomic mass is 10.1. The number of rotatable bonds is 8. The highest BCUT2D eigenvalue weighted by Crippen LogP contribution is 2.36. The molecular weight excluding hydrogens is 484 g/mol. The minimum absolute atomic E-state index is 0.0890. The van der Waals surface area contributed by atoms with Gasteiger partial charge >= 0.3 is 6.09 Å². The summed E-state index contributed by atoms with van der Waals surface area (Å²) in [7, 11) is 0. The maximum Gasteiger partial charge on any atom is 0.407 e. The van der Waals surface area contributed by atoms with Gasteiger partial charge in [0.2, 0.25) is 0 Å². The zero-order chi connectivity index (χ0) is 27.4. The number of para-hydroxylation sites is 1. The van der Waals surface area contributed by atoms with E-state index in [1.807, 2.05) is 64.1 Å². The van der Waals surface area contributed by atoms with Crippen LogP contribution in [0.3, 0.4) is 0 Å². The van der Waals surface area contributed by atoms with E-state index < -0.39 is 11.7 Å². The first-order chi connectivity index (χ1) is 18.0. The molecule has 0 unspecified atom stereocenters. The van der Waals surface area contributed by atoms with Crippen molar-refractivity contribution in [1.82, 2.24) is 15.3 Å². The highest BCUT2D eigenvalue weighted by Gasteiger charge is 2.27. The first-order valence-corrected chi connectivity index (χ1v) is 12.5. The lowest BCUT2D eigenvalue weighted by Crippen LogP contribution is -2.33. The summed E-state index contributed by atoms with van der Waals surface area (Å²) in [6.07, 6.45) is 1.80. The fourth-order valence-corrected chi connectivity index (χ4v) is 4.07. The molecule has 0 atom stereocenters. The van der Waals surface area contributed by atoms with Gasteiger partial charge in [-0.15, -0.1) is 0 Å². The van der Waals surface area contributed by atoms with Crippen molar-refractivity contribution < 1.29 is 23.9 Å². The van der Waals surface area contributed by atoms with Crippen molar-refractivity contribution in [3.63, 3.8) is 0 Å². The summed E-state index contributed by atoms with van der Waals surface area (Å²) in [6.45, 7) is 9.59. The number of hydrogen-bond acceptors (Lipinski definition) is 6. The number of nitrogens with zero attached hydrogens (tertiary/aromatic N) is 1. The molecule has 3 N–H and O–H groups in total. The maximum atomic E-state index is 12.8. The largest absolute Gasteiger partial charge is 0.493 e. The number of ketones is 1. The number of carbonyl (C=O) groups is 3. The van der Waals surface area contributed by atoms with Crippen LogP contribution in [0.25, 0.3) is 22.9 Å². The first kappa shape index (κ1) is 26.7. The lowest BCUT2D eigenvalue weighted by Gasteiger charge is -2.19. The van der Waals surface area contributed by atoms with Gasteiger partial charge in [0.15, 0.2) is 5.78 Å². The van der Waals surface area contributed by atoms with Crippen LogP contribution in [0, 0.1) is 6.92 Å². The molecule has 1 aromatic carbocycles. The van der Waals surface area contributed by atoms with Gasteiger partial charge in [0.25, 0.3) is 5.91 Å². The Morgan fingerprint density at radius 1 is 1.13 bits per heavy atom. The number of fused-ring (bicyclic) bond motifs is 1. The molecule has 38 heavy (non-hydrogen) atoms. The number of nitrogens with one attached hydrogen (secondary N) is 3. The van der Waals surface area contributed by atoms with Crippen molar-refractivity contribution in [2.45, 2.75) is 46.6 Å². The molecule has 0 bridgehead atoms. The van der Waals surface area contributed by atoms with Crippen LogP contribution < -0.4 is 15.4 Å². The number of alkyl carbamates (subject to hydrolysis) is 1. The normalized spacial score (nSPS) is 13.7. The van der Waals surface area contributed by atoms with E-state index in [-0.39, 0.29) is 11.7 Å². The minimum Gasteiger partial charge on any atom is -0.493 e. The highest BCUT2D eigenvalue weighted by atomic mass is 16.6. The number of benzene rings is 1. The molecule has 9 heteroatoms. The van der Waals surface area contributed by atoms with E-state index in [0.29, 0.717) is 59.2 Å². The Morgan fingerprint density at radius 2 is 1.89 bits per heavy atom. The maximum absolute atomic E-state index is 12.8. The summed E-state index contributed by atoms with van der Waals surface area (Å²) in [5.74, 6) is 0.265. The lowest BCUT2D eigenvalue weighted by molar-refractivity contribution is -0.110. The number of anilines is 1. The first-order valence-electron chi connectivity index (χ1n) is 12.5. The number of aromatic nitrogens is 2. The van der Waals surface area contributed by atoms with Crippen molar-refractivity contribution in [1.29, 1.82) is 0 Å². The van der Waals surface area contributed by atoms with E-state index in [9.17, 15) is 14.4 Å². The van der Waals surface area contributed by atoms with Crippen molar-refractivity contribution >= 4 is 35.1 Å². The van der Waals surface area contributed by atoms with Crippen LogP contribution in [0.2, 0.25) is 0 Å². The Kier molecular flexibility index (Phi) is 7.66. The third-order valence-corrected chi connectivity index (χ3v) is 5.70. The van der Waals surface area contributed by atoms with Gasteiger partial charge in [0, 0.05) is 23.4 Å². The molecule has 0 spiro atoms. The molecule has 3 aromatic rings. The van der Waals surface area contributed by atoms with Gasteiger partial charge in [-0.1, -0.05) is 12.1 Å². The predicted octanol–water partition coefficient (Wildman–Crippen LogP) is 5.37. The second kappa shape index (κ2) is 10.9. The molecule has 0 saturated carbocycles. The molecule has 2 aromatic heterocycles. The number of amides is 2. The van der Waals surface area contributed by atoms with Crippen molar-refractivity contribution in [2.75, 3.05) is 18.5 Å². The number of H-pyrrole nitrogens is 1. The van der Waals surface area contributed by atoms with Crippen molar-refractivity contribution in [2.24, 2.45) is 0 Å². The van der Waals surface area contributed by atoms with Crippen molar-refractivity contribution in [3.05, 3.63) is 65.1 Å². The summed E-state index contributed by atoms with van der Waals surface area (Å²) in [5.41, 5.74) is 4.27. The molecule has 0 radical (unpaired) electrons. The number of Topliss-reactive ketones (excluding diaryl/α,β-unsaturated/α-hetero) is 1. The standard InChI is InChI=1S/C29H32N4O5/c1-17-15-20(18(2)34)24(31-17)16-21-26-23(33-27(21)35)12-11-22(32-26)19-9-6-7-10-25(19)37-14-8-13-30-28(36)38-29(3,4)5/h6-7,9-12,15-16,31H,8,13-14H2,1-5H3,(H,30,36)(H,33,35)/b21-16-. The van der Waals surface area contributed by atoms with Gasteiger partial charge in [0.1, 0.15) is 17.0 Å². The summed E-state index contributed by atoms with van der Waals surface area (Å²) in [5, 5.41) is 5.56.